The van der Waals surface area contributed by atoms with Crippen LogP contribution in [0.1, 0.15) is 5.56 Å². The lowest BCUT2D eigenvalue weighted by molar-refractivity contribution is -0.144. The SMILES string of the molecule is O=C(O)C1C(=O)N=CN1C(=O)OCc1ccccc1. The zero-order chi connectivity index (χ0) is 13.8. The van der Waals surface area contributed by atoms with Crippen LogP contribution >= 0.6 is 0 Å². The van der Waals surface area contributed by atoms with Gasteiger partial charge >= 0.3 is 12.1 Å². The van der Waals surface area contributed by atoms with Crippen LogP contribution in [0.5, 0.6) is 0 Å². The van der Waals surface area contributed by atoms with Crippen LogP contribution in [0.2, 0.25) is 0 Å². The van der Waals surface area contributed by atoms with Gasteiger partial charge in [0.25, 0.3) is 5.91 Å². The first kappa shape index (κ1) is 12.7. The molecule has 1 atom stereocenters. The maximum atomic E-state index is 11.7. The van der Waals surface area contributed by atoms with E-state index in [1.807, 2.05) is 6.07 Å². The number of carbonyl (C=O) groups is 3. The molecular formula is C12H10N2O5. The van der Waals surface area contributed by atoms with Gasteiger partial charge in [0.2, 0.25) is 6.04 Å². The minimum Gasteiger partial charge on any atom is -0.479 e. The minimum absolute atomic E-state index is 0.00938. The summed E-state index contributed by atoms with van der Waals surface area (Å²) in [6, 6.07) is 7.26. The molecule has 2 rings (SSSR count). The average molecular weight is 262 g/mol. The van der Waals surface area contributed by atoms with E-state index in [1.165, 1.54) is 0 Å². The lowest BCUT2D eigenvalue weighted by Crippen LogP contribution is -2.44. The smallest absolute Gasteiger partial charge is 0.416 e. The van der Waals surface area contributed by atoms with Gasteiger partial charge in [0.05, 0.1) is 0 Å². The van der Waals surface area contributed by atoms with Crippen molar-refractivity contribution >= 4 is 24.3 Å². The number of aliphatic imine (C=N–C) groups is 1. The van der Waals surface area contributed by atoms with Crippen LogP contribution in [-0.2, 0) is 20.9 Å². The molecule has 0 aliphatic carbocycles. The Balaban J connectivity index is 1.99. The molecule has 98 valence electrons. The normalized spacial score (nSPS) is 17.6. The van der Waals surface area contributed by atoms with Crippen molar-refractivity contribution in [1.29, 1.82) is 0 Å². The molecule has 0 radical (unpaired) electrons. The molecular weight excluding hydrogens is 252 g/mol. The van der Waals surface area contributed by atoms with Gasteiger partial charge < -0.3 is 9.84 Å². The van der Waals surface area contributed by atoms with Gasteiger partial charge in [-0.1, -0.05) is 30.3 Å². The third kappa shape index (κ3) is 2.76. The monoisotopic (exact) mass is 262 g/mol. The summed E-state index contributed by atoms with van der Waals surface area (Å²) in [7, 11) is 0. The average Bonchev–Trinajstić information content (AvgIpc) is 2.79. The first-order chi connectivity index (χ1) is 9.09. The van der Waals surface area contributed by atoms with Crippen molar-refractivity contribution in [3.63, 3.8) is 0 Å². The molecule has 0 saturated heterocycles. The summed E-state index contributed by atoms with van der Waals surface area (Å²) in [6.45, 7) is -0.00938. The Bertz CT molecular complexity index is 540. The van der Waals surface area contributed by atoms with E-state index in [-0.39, 0.29) is 6.61 Å². The molecule has 1 N–H and O–H groups in total. The summed E-state index contributed by atoms with van der Waals surface area (Å²) in [4.78, 5) is 37.6. The van der Waals surface area contributed by atoms with E-state index >= 15 is 0 Å². The molecule has 1 aromatic rings. The number of hydrogen-bond donors (Lipinski definition) is 1. The number of amides is 2. The van der Waals surface area contributed by atoms with Crippen LogP contribution < -0.4 is 0 Å². The fraction of sp³-hybridized carbons (Fsp3) is 0.167. The first-order valence-corrected chi connectivity index (χ1v) is 5.39. The molecule has 1 heterocycles. The summed E-state index contributed by atoms with van der Waals surface area (Å²) >= 11 is 0. The predicted octanol–water partition coefficient (Wildman–Crippen LogP) is 0.647. The maximum Gasteiger partial charge on any atom is 0.416 e. The predicted molar refractivity (Wildman–Crippen MR) is 63.4 cm³/mol. The number of carbonyl (C=O) groups excluding carboxylic acids is 2. The van der Waals surface area contributed by atoms with Gasteiger partial charge in [-0.3, -0.25) is 4.79 Å². The van der Waals surface area contributed by atoms with Gasteiger partial charge in [0.15, 0.2) is 0 Å². The Morgan fingerprint density at radius 3 is 2.63 bits per heavy atom. The van der Waals surface area contributed by atoms with Gasteiger partial charge in [-0.2, -0.15) is 0 Å². The van der Waals surface area contributed by atoms with Crippen LogP contribution in [0.15, 0.2) is 35.3 Å². The Hall–Kier alpha value is -2.70. The highest BCUT2D eigenvalue weighted by molar-refractivity contribution is 6.13. The van der Waals surface area contributed by atoms with E-state index in [1.54, 1.807) is 24.3 Å². The van der Waals surface area contributed by atoms with E-state index in [4.69, 9.17) is 9.84 Å². The van der Waals surface area contributed by atoms with E-state index < -0.39 is 24.0 Å². The molecule has 2 amide bonds. The summed E-state index contributed by atoms with van der Waals surface area (Å²) < 4.78 is 4.92. The highest BCUT2D eigenvalue weighted by Gasteiger charge is 2.40. The lowest BCUT2D eigenvalue weighted by atomic mass is 10.2. The fourth-order valence-electron chi connectivity index (χ4n) is 1.55. The second kappa shape index (κ2) is 5.30. The summed E-state index contributed by atoms with van der Waals surface area (Å²) in [5.74, 6) is -2.34. The van der Waals surface area contributed by atoms with Crippen molar-refractivity contribution in [3.8, 4) is 0 Å². The van der Waals surface area contributed by atoms with E-state index in [0.717, 1.165) is 11.9 Å². The Morgan fingerprint density at radius 1 is 1.32 bits per heavy atom. The highest BCUT2D eigenvalue weighted by atomic mass is 16.6. The Kier molecular flexibility index (Phi) is 3.56. The number of carboxylic acid groups (broad SMARTS) is 1. The number of rotatable bonds is 3. The second-order valence-electron chi connectivity index (χ2n) is 3.77. The number of hydrogen-bond acceptors (Lipinski definition) is 4. The van der Waals surface area contributed by atoms with Crippen LogP contribution in [0.3, 0.4) is 0 Å². The molecule has 1 aliphatic heterocycles. The maximum absolute atomic E-state index is 11.7. The zero-order valence-electron chi connectivity index (χ0n) is 9.72. The van der Waals surface area contributed by atoms with Crippen molar-refractivity contribution in [2.24, 2.45) is 4.99 Å². The molecule has 1 aromatic carbocycles. The molecule has 19 heavy (non-hydrogen) atoms. The summed E-state index contributed by atoms with van der Waals surface area (Å²) in [5, 5.41) is 8.84. The molecule has 0 bridgehead atoms. The van der Waals surface area contributed by atoms with Crippen LogP contribution in [0, 0.1) is 0 Å². The molecule has 0 saturated carbocycles. The topological polar surface area (TPSA) is 96.3 Å². The molecule has 0 aromatic heterocycles. The van der Waals surface area contributed by atoms with Gasteiger partial charge in [-0.15, -0.1) is 0 Å². The molecule has 1 aliphatic rings. The zero-order valence-corrected chi connectivity index (χ0v) is 9.72. The fourth-order valence-corrected chi connectivity index (χ4v) is 1.55. The molecule has 7 nitrogen and oxygen atoms in total. The third-order valence-electron chi connectivity index (χ3n) is 2.47. The molecule has 1 unspecified atom stereocenters. The van der Waals surface area contributed by atoms with Crippen molar-refractivity contribution in [3.05, 3.63) is 35.9 Å². The number of nitrogens with zero attached hydrogens (tertiary/aromatic N) is 2. The Labute approximate surface area is 108 Å². The third-order valence-corrected chi connectivity index (χ3v) is 2.47. The van der Waals surface area contributed by atoms with Crippen molar-refractivity contribution in [2.45, 2.75) is 12.6 Å². The highest BCUT2D eigenvalue weighted by Crippen LogP contribution is 2.11. The number of benzene rings is 1. The van der Waals surface area contributed by atoms with Crippen LogP contribution in [0.4, 0.5) is 4.79 Å². The first-order valence-electron chi connectivity index (χ1n) is 5.39. The van der Waals surface area contributed by atoms with E-state index in [9.17, 15) is 14.4 Å². The van der Waals surface area contributed by atoms with Crippen molar-refractivity contribution in [1.82, 2.24) is 4.90 Å². The van der Waals surface area contributed by atoms with Crippen LogP contribution in [-0.4, -0.2) is 40.4 Å². The number of aliphatic carboxylic acids is 1. The number of carboxylic acids is 1. The van der Waals surface area contributed by atoms with Gasteiger partial charge in [-0.05, 0) is 5.56 Å². The standard InChI is InChI=1S/C12H10N2O5/c15-10-9(11(16)17)14(7-13-10)12(18)19-6-8-4-2-1-3-5-8/h1-5,7,9H,6H2,(H,16,17). The quantitative estimate of drug-likeness (QED) is 0.806. The summed E-state index contributed by atoms with van der Waals surface area (Å²) in [6.07, 6.45) is -0.0556. The second-order valence-corrected chi connectivity index (χ2v) is 3.77. The summed E-state index contributed by atoms with van der Waals surface area (Å²) in [5.41, 5.74) is 0.755. The van der Waals surface area contributed by atoms with E-state index in [2.05, 4.69) is 4.99 Å². The van der Waals surface area contributed by atoms with Crippen molar-refractivity contribution < 1.29 is 24.2 Å². The van der Waals surface area contributed by atoms with Crippen LogP contribution in [0.25, 0.3) is 0 Å². The minimum atomic E-state index is -1.64. The van der Waals surface area contributed by atoms with Gasteiger partial charge in [-0.25, -0.2) is 19.5 Å². The van der Waals surface area contributed by atoms with Gasteiger partial charge in [0.1, 0.15) is 12.9 Å². The molecule has 0 fully saturated rings. The largest absolute Gasteiger partial charge is 0.479 e. The van der Waals surface area contributed by atoms with Crippen molar-refractivity contribution in [2.75, 3.05) is 0 Å². The molecule has 7 heteroatoms. The Morgan fingerprint density at radius 2 is 2.00 bits per heavy atom. The lowest BCUT2D eigenvalue weighted by Gasteiger charge is -2.16. The molecule has 0 spiro atoms. The van der Waals surface area contributed by atoms with E-state index in [0.29, 0.717) is 4.90 Å². The number of ether oxygens (including phenoxy) is 1. The van der Waals surface area contributed by atoms with Gasteiger partial charge in [0, 0.05) is 0 Å².